The molecule has 0 aliphatic carbocycles. The Bertz CT molecular complexity index is 274. The van der Waals surface area contributed by atoms with Gasteiger partial charge in [0.05, 0.1) is 0 Å². The lowest BCUT2D eigenvalue weighted by molar-refractivity contribution is -0.177. The Morgan fingerprint density at radius 2 is 2.07 bits per heavy atom. The molecule has 1 aromatic carbocycles. The van der Waals surface area contributed by atoms with Crippen molar-refractivity contribution in [1.29, 1.82) is 0 Å². The summed E-state index contributed by atoms with van der Waals surface area (Å²) in [5.41, 5.74) is 1.07. The number of nitrogens with zero attached hydrogens (tertiary/aromatic N) is 1. The third-order valence-corrected chi connectivity index (χ3v) is 2.09. The van der Waals surface area contributed by atoms with Crippen LogP contribution in [-0.4, -0.2) is 18.0 Å². The Labute approximate surface area is 90.6 Å². The highest BCUT2D eigenvalue weighted by atomic mass is 16.7. The summed E-state index contributed by atoms with van der Waals surface area (Å²) in [6.07, 6.45) is 2.76. The van der Waals surface area contributed by atoms with Gasteiger partial charge in [-0.15, -0.1) is 0 Å². The molecule has 1 amide bonds. The van der Waals surface area contributed by atoms with Crippen LogP contribution in [0.5, 0.6) is 0 Å². The molecule has 1 rings (SSSR count). The first-order valence-corrected chi connectivity index (χ1v) is 5.25. The normalized spacial score (nSPS) is 9.93. The third-order valence-electron chi connectivity index (χ3n) is 2.09. The average Bonchev–Trinajstić information content (AvgIpc) is 2.31. The highest BCUT2D eigenvalue weighted by molar-refractivity contribution is 5.44. The quantitative estimate of drug-likeness (QED) is 0.507. The van der Waals surface area contributed by atoms with E-state index in [0.717, 1.165) is 24.8 Å². The zero-order valence-electron chi connectivity index (χ0n) is 9.06. The van der Waals surface area contributed by atoms with Gasteiger partial charge >= 0.3 is 0 Å². The fourth-order valence-corrected chi connectivity index (χ4v) is 1.19. The lowest BCUT2D eigenvalue weighted by Crippen LogP contribution is -2.23. The summed E-state index contributed by atoms with van der Waals surface area (Å²) in [4.78, 5) is 16.0. The summed E-state index contributed by atoms with van der Waals surface area (Å²) >= 11 is 0. The van der Waals surface area contributed by atoms with Crippen LogP contribution in [0.15, 0.2) is 30.3 Å². The molecule has 0 aliphatic rings. The van der Waals surface area contributed by atoms with Crippen molar-refractivity contribution < 1.29 is 9.63 Å². The van der Waals surface area contributed by atoms with E-state index < -0.39 is 0 Å². The molecule has 0 fully saturated rings. The Morgan fingerprint density at radius 3 is 2.67 bits per heavy atom. The number of hydrogen-bond donors (Lipinski definition) is 0. The van der Waals surface area contributed by atoms with Crippen LogP contribution in [0.4, 0.5) is 0 Å². The zero-order valence-corrected chi connectivity index (χ0v) is 9.06. The molecule has 3 heteroatoms. The molecule has 1 aromatic rings. The van der Waals surface area contributed by atoms with Gasteiger partial charge in [0.25, 0.3) is 0 Å². The van der Waals surface area contributed by atoms with Gasteiger partial charge in [0, 0.05) is 6.54 Å². The first kappa shape index (κ1) is 11.7. The van der Waals surface area contributed by atoms with Crippen LogP contribution in [-0.2, 0) is 16.2 Å². The summed E-state index contributed by atoms with van der Waals surface area (Å²) in [6, 6.07) is 9.82. The molecule has 0 heterocycles. The average molecular weight is 207 g/mol. The number of hydrogen-bond acceptors (Lipinski definition) is 2. The molecule has 0 radical (unpaired) electrons. The van der Waals surface area contributed by atoms with Crippen LogP contribution in [0.1, 0.15) is 25.3 Å². The highest BCUT2D eigenvalue weighted by Gasteiger charge is 2.01. The molecule has 82 valence electrons. The zero-order chi connectivity index (χ0) is 10.9. The molecule has 0 N–H and O–H groups in total. The predicted molar refractivity (Wildman–Crippen MR) is 58.9 cm³/mol. The van der Waals surface area contributed by atoms with E-state index in [0.29, 0.717) is 13.2 Å². The molecule has 0 atom stereocenters. The first-order valence-electron chi connectivity index (χ1n) is 5.25. The van der Waals surface area contributed by atoms with Crippen molar-refractivity contribution in [2.75, 3.05) is 6.54 Å². The van der Waals surface area contributed by atoms with Gasteiger partial charge in [-0.25, -0.2) is 5.06 Å². The van der Waals surface area contributed by atoms with Crippen LogP contribution >= 0.6 is 0 Å². The summed E-state index contributed by atoms with van der Waals surface area (Å²) in [6.45, 7) is 3.19. The second-order valence-electron chi connectivity index (χ2n) is 3.36. The third kappa shape index (κ3) is 4.61. The molecule has 0 unspecified atom stereocenters. The van der Waals surface area contributed by atoms with Crippen molar-refractivity contribution in [2.45, 2.75) is 26.4 Å². The minimum Gasteiger partial charge on any atom is -0.276 e. The minimum absolute atomic E-state index is 0.448. The maximum absolute atomic E-state index is 10.6. The van der Waals surface area contributed by atoms with Gasteiger partial charge in [0.2, 0.25) is 6.41 Å². The van der Waals surface area contributed by atoms with E-state index in [1.54, 1.807) is 0 Å². The molecule has 0 bridgehead atoms. The Balaban J connectivity index is 2.31. The van der Waals surface area contributed by atoms with Gasteiger partial charge in [-0.3, -0.25) is 9.63 Å². The van der Waals surface area contributed by atoms with Crippen molar-refractivity contribution in [3.8, 4) is 0 Å². The number of hydroxylamine groups is 2. The number of carbonyl (C=O) groups is 1. The van der Waals surface area contributed by atoms with Crippen molar-refractivity contribution in [1.82, 2.24) is 5.06 Å². The van der Waals surface area contributed by atoms with Crippen molar-refractivity contribution in [2.24, 2.45) is 0 Å². The fourth-order valence-electron chi connectivity index (χ4n) is 1.19. The van der Waals surface area contributed by atoms with Crippen molar-refractivity contribution in [3.05, 3.63) is 35.9 Å². The molecule has 15 heavy (non-hydrogen) atoms. The first-order chi connectivity index (χ1) is 7.36. The smallest absolute Gasteiger partial charge is 0.233 e. The molecule has 0 spiro atoms. The van der Waals surface area contributed by atoms with Gasteiger partial charge in [0.15, 0.2) is 0 Å². The monoisotopic (exact) mass is 207 g/mol. The van der Waals surface area contributed by atoms with Crippen LogP contribution < -0.4 is 0 Å². The summed E-state index contributed by atoms with van der Waals surface area (Å²) < 4.78 is 0. The number of unbranched alkanes of at least 4 members (excludes halogenated alkanes) is 1. The van der Waals surface area contributed by atoms with Gasteiger partial charge in [-0.05, 0) is 12.0 Å². The lowest BCUT2D eigenvalue weighted by Gasteiger charge is -2.16. The SMILES string of the molecule is CCCCN(C=O)OCc1ccccc1. The second kappa shape index (κ2) is 7.01. The fraction of sp³-hybridized carbons (Fsp3) is 0.417. The van der Waals surface area contributed by atoms with Crippen LogP contribution in [0.2, 0.25) is 0 Å². The highest BCUT2D eigenvalue weighted by Crippen LogP contribution is 2.02. The van der Waals surface area contributed by atoms with E-state index >= 15 is 0 Å². The molecule has 0 aromatic heterocycles. The van der Waals surface area contributed by atoms with E-state index in [1.165, 1.54) is 5.06 Å². The molecular formula is C12H17NO2. The number of benzene rings is 1. The summed E-state index contributed by atoms with van der Waals surface area (Å²) in [7, 11) is 0. The lowest BCUT2D eigenvalue weighted by atomic mass is 10.2. The molecule has 0 saturated carbocycles. The van der Waals surface area contributed by atoms with E-state index in [9.17, 15) is 4.79 Å². The van der Waals surface area contributed by atoms with Gasteiger partial charge < -0.3 is 0 Å². The Hall–Kier alpha value is -1.35. The largest absolute Gasteiger partial charge is 0.276 e. The maximum Gasteiger partial charge on any atom is 0.233 e. The number of amides is 1. The molecular weight excluding hydrogens is 190 g/mol. The van der Waals surface area contributed by atoms with E-state index in [-0.39, 0.29) is 0 Å². The van der Waals surface area contributed by atoms with Crippen molar-refractivity contribution in [3.63, 3.8) is 0 Å². The second-order valence-corrected chi connectivity index (χ2v) is 3.36. The van der Waals surface area contributed by atoms with Crippen LogP contribution in [0.3, 0.4) is 0 Å². The van der Waals surface area contributed by atoms with Gasteiger partial charge in [0.1, 0.15) is 6.61 Å². The Morgan fingerprint density at radius 1 is 1.33 bits per heavy atom. The molecule has 3 nitrogen and oxygen atoms in total. The van der Waals surface area contributed by atoms with Crippen LogP contribution in [0.25, 0.3) is 0 Å². The topological polar surface area (TPSA) is 29.5 Å². The van der Waals surface area contributed by atoms with E-state index in [1.807, 2.05) is 30.3 Å². The number of rotatable bonds is 7. The van der Waals surface area contributed by atoms with Gasteiger partial charge in [-0.2, -0.15) is 0 Å². The summed E-state index contributed by atoms with van der Waals surface area (Å²) in [5.74, 6) is 0. The van der Waals surface area contributed by atoms with E-state index in [4.69, 9.17) is 4.84 Å². The Kier molecular flexibility index (Phi) is 5.48. The summed E-state index contributed by atoms with van der Waals surface area (Å²) in [5, 5.41) is 1.36. The maximum atomic E-state index is 10.6. The minimum atomic E-state index is 0.448. The van der Waals surface area contributed by atoms with Gasteiger partial charge in [-0.1, -0.05) is 43.7 Å². The standard InChI is InChI=1S/C12H17NO2/c1-2-3-9-13(11-14)15-10-12-7-5-4-6-8-12/h4-8,11H,2-3,9-10H2,1H3. The van der Waals surface area contributed by atoms with Crippen molar-refractivity contribution >= 4 is 6.41 Å². The number of carbonyl (C=O) groups excluding carboxylic acids is 1. The molecule has 0 saturated heterocycles. The predicted octanol–water partition coefficient (Wildman–Crippen LogP) is 2.38. The van der Waals surface area contributed by atoms with E-state index in [2.05, 4.69) is 6.92 Å². The van der Waals surface area contributed by atoms with Crippen LogP contribution in [0, 0.1) is 0 Å². The molecule has 0 aliphatic heterocycles.